The van der Waals surface area contributed by atoms with Gasteiger partial charge in [0.15, 0.2) is 0 Å². The van der Waals surface area contributed by atoms with Gasteiger partial charge in [-0.15, -0.1) is 34.0 Å². The maximum Gasteiger partial charge on any atom is 0.0934 e. The van der Waals surface area contributed by atoms with Crippen molar-refractivity contribution in [1.82, 2.24) is 0 Å². The number of thiophene rings is 3. The fraction of sp³-hybridized carbons (Fsp3) is 0. The van der Waals surface area contributed by atoms with Gasteiger partial charge in [0.1, 0.15) is 0 Å². The molecule has 6 heteroatoms. The monoisotopic (exact) mass is 514 g/mol. The maximum atomic E-state index is 6.14. The molecule has 0 amide bonds. The van der Waals surface area contributed by atoms with Crippen molar-refractivity contribution in [2.75, 3.05) is 0 Å². The van der Waals surface area contributed by atoms with E-state index < -0.39 is 0 Å². The van der Waals surface area contributed by atoms with Gasteiger partial charge in [-0.05, 0) is 103 Å². The van der Waals surface area contributed by atoms with Gasteiger partial charge in [-0.25, -0.2) is 0 Å². The molecule has 0 aliphatic rings. The summed E-state index contributed by atoms with van der Waals surface area (Å²) in [4.78, 5) is 3.70. The molecule has 4 aromatic rings. The second kappa shape index (κ2) is 7.06. The second-order valence-electron chi connectivity index (χ2n) is 5.11. The van der Waals surface area contributed by atoms with Crippen molar-refractivity contribution in [3.63, 3.8) is 0 Å². The van der Waals surface area contributed by atoms with Crippen molar-refractivity contribution in [2.45, 2.75) is 0 Å². The lowest BCUT2D eigenvalue weighted by Crippen LogP contribution is -1.81. The Morgan fingerprint density at radius 1 is 0.583 bits per heavy atom. The van der Waals surface area contributed by atoms with Gasteiger partial charge >= 0.3 is 0 Å². The molecular weight excluding hydrogens is 508 g/mol. The Morgan fingerprint density at radius 2 is 1.00 bits per heavy atom. The molecule has 0 unspecified atom stereocenters. The van der Waals surface area contributed by atoms with E-state index in [1.165, 1.54) is 31.3 Å². The Balaban J connectivity index is 1.90. The molecule has 0 aliphatic heterocycles. The molecule has 0 saturated heterocycles. The fourth-order valence-electron chi connectivity index (χ4n) is 2.46. The Kier molecular flexibility index (Phi) is 5.00. The highest BCUT2D eigenvalue weighted by molar-refractivity contribution is 9.11. The first-order valence-corrected chi connectivity index (χ1v) is 11.4. The Bertz CT molecular complexity index is 871. The van der Waals surface area contributed by atoms with Crippen molar-refractivity contribution in [1.29, 1.82) is 0 Å². The average molecular weight is 517 g/mol. The van der Waals surface area contributed by atoms with Crippen LogP contribution in [-0.4, -0.2) is 0 Å². The van der Waals surface area contributed by atoms with E-state index in [-0.39, 0.29) is 0 Å². The predicted octanol–water partition coefficient (Wildman–Crippen LogP) is 9.05. The zero-order chi connectivity index (χ0) is 16.7. The molecule has 0 saturated carbocycles. The summed E-state index contributed by atoms with van der Waals surface area (Å²) in [6, 6.07) is 19.3. The van der Waals surface area contributed by atoms with Crippen LogP contribution in [-0.2, 0) is 0 Å². The molecule has 4 rings (SSSR count). The number of benzene rings is 1. The lowest BCUT2D eigenvalue weighted by molar-refractivity contribution is 1.67. The smallest absolute Gasteiger partial charge is 0.0934 e. The van der Waals surface area contributed by atoms with Crippen molar-refractivity contribution >= 4 is 77.5 Å². The van der Waals surface area contributed by atoms with E-state index in [1.807, 2.05) is 6.07 Å². The Labute approximate surface area is 174 Å². The number of halogens is 3. The molecule has 0 fully saturated rings. The molecule has 1 aromatic carbocycles. The molecule has 0 N–H and O–H groups in total. The number of hydrogen-bond donors (Lipinski definition) is 0. The van der Waals surface area contributed by atoms with Gasteiger partial charge in [0.2, 0.25) is 0 Å². The van der Waals surface area contributed by atoms with E-state index in [0.29, 0.717) is 0 Å². The fourth-order valence-corrected chi connectivity index (χ4v) is 6.24. The van der Waals surface area contributed by atoms with Crippen molar-refractivity contribution in [3.05, 3.63) is 66.5 Å². The molecule has 0 spiro atoms. The molecular formula is C18H9Br2ClS3. The van der Waals surface area contributed by atoms with Gasteiger partial charge in [-0.1, -0.05) is 11.6 Å². The van der Waals surface area contributed by atoms with E-state index in [9.17, 15) is 0 Å². The Morgan fingerprint density at radius 3 is 1.33 bits per heavy atom. The third-order valence-corrected chi connectivity index (χ3v) is 8.13. The average Bonchev–Trinajstić information content (AvgIpc) is 3.28. The molecule has 0 bridgehead atoms. The maximum absolute atomic E-state index is 6.14. The minimum atomic E-state index is 0.815. The quantitative estimate of drug-likeness (QED) is 0.255. The zero-order valence-corrected chi connectivity index (χ0v) is 18.4. The summed E-state index contributed by atoms with van der Waals surface area (Å²) in [5, 5.41) is 0. The lowest BCUT2D eigenvalue weighted by Gasteiger charge is -2.07. The summed E-state index contributed by atoms with van der Waals surface area (Å²) >= 11 is 18.4. The second-order valence-corrected chi connectivity index (χ2v) is 11.8. The van der Waals surface area contributed by atoms with Gasteiger partial charge in [0.05, 0.1) is 11.9 Å². The number of rotatable bonds is 3. The summed E-state index contributed by atoms with van der Waals surface area (Å²) in [7, 11) is 0. The first-order valence-electron chi connectivity index (χ1n) is 7.01. The largest absolute Gasteiger partial charge is 0.128 e. The molecule has 0 radical (unpaired) electrons. The third kappa shape index (κ3) is 3.57. The van der Waals surface area contributed by atoms with E-state index in [1.54, 1.807) is 34.0 Å². The van der Waals surface area contributed by atoms with Crippen LogP contribution in [0.5, 0.6) is 0 Å². The minimum absolute atomic E-state index is 0.815. The van der Waals surface area contributed by atoms with Crippen LogP contribution >= 0.6 is 77.5 Å². The van der Waals surface area contributed by atoms with Crippen molar-refractivity contribution in [2.24, 2.45) is 0 Å². The molecule has 0 aliphatic carbocycles. The highest BCUT2D eigenvalue weighted by atomic mass is 79.9. The molecule has 3 aromatic heterocycles. The van der Waals surface area contributed by atoms with Gasteiger partial charge in [-0.3, -0.25) is 0 Å². The van der Waals surface area contributed by atoms with Crippen LogP contribution in [0.3, 0.4) is 0 Å². The Hall–Kier alpha value is -0.430. The highest BCUT2D eigenvalue weighted by Gasteiger charge is 2.11. The SMILES string of the molecule is Clc1ccc(-c2cc(-c3ccc(Br)s3)cc(-c3ccc(Br)s3)c2)s1. The topological polar surface area (TPSA) is 0 Å². The van der Waals surface area contributed by atoms with Crippen LogP contribution in [0.1, 0.15) is 0 Å². The van der Waals surface area contributed by atoms with Crippen molar-refractivity contribution in [3.8, 4) is 31.3 Å². The molecule has 120 valence electrons. The summed E-state index contributed by atoms with van der Waals surface area (Å²) in [6.07, 6.45) is 0. The van der Waals surface area contributed by atoms with Crippen LogP contribution in [0.2, 0.25) is 4.34 Å². The lowest BCUT2D eigenvalue weighted by atomic mass is 10.0. The van der Waals surface area contributed by atoms with Gasteiger partial charge in [0, 0.05) is 14.6 Å². The van der Waals surface area contributed by atoms with Gasteiger partial charge in [-0.2, -0.15) is 0 Å². The van der Waals surface area contributed by atoms with E-state index in [2.05, 4.69) is 80.4 Å². The first kappa shape index (κ1) is 17.0. The van der Waals surface area contributed by atoms with Crippen LogP contribution in [0.25, 0.3) is 31.3 Å². The summed E-state index contributed by atoms with van der Waals surface area (Å²) in [5.41, 5.74) is 3.66. The number of hydrogen-bond acceptors (Lipinski definition) is 3. The zero-order valence-electron chi connectivity index (χ0n) is 12.1. The van der Waals surface area contributed by atoms with Crippen molar-refractivity contribution < 1.29 is 0 Å². The first-order chi connectivity index (χ1) is 11.6. The summed E-state index contributed by atoms with van der Waals surface area (Å²) in [5.74, 6) is 0. The standard InChI is InChI=1S/C18H9Br2ClS3/c19-16-4-1-13(22-16)10-7-11(14-2-5-17(20)23-14)9-12(8-10)15-3-6-18(21)24-15/h1-9H. The van der Waals surface area contributed by atoms with Crippen LogP contribution in [0, 0.1) is 0 Å². The summed E-state index contributed by atoms with van der Waals surface area (Å²) < 4.78 is 3.10. The predicted molar refractivity (Wildman–Crippen MR) is 117 cm³/mol. The molecule has 24 heavy (non-hydrogen) atoms. The minimum Gasteiger partial charge on any atom is -0.128 e. The van der Waals surface area contributed by atoms with Crippen LogP contribution in [0.15, 0.2) is 62.2 Å². The summed E-state index contributed by atoms with van der Waals surface area (Å²) in [6.45, 7) is 0. The van der Waals surface area contributed by atoms with Crippen LogP contribution < -0.4 is 0 Å². The van der Waals surface area contributed by atoms with E-state index >= 15 is 0 Å². The van der Waals surface area contributed by atoms with Gasteiger partial charge in [0.25, 0.3) is 0 Å². The van der Waals surface area contributed by atoms with E-state index in [4.69, 9.17) is 11.6 Å². The van der Waals surface area contributed by atoms with E-state index in [0.717, 1.165) is 11.9 Å². The third-order valence-electron chi connectivity index (χ3n) is 3.51. The molecule has 3 heterocycles. The molecule has 0 nitrogen and oxygen atoms in total. The van der Waals surface area contributed by atoms with Gasteiger partial charge < -0.3 is 0 Å². The molecule has 0 atom stereocenters. The highest BCUT2D eigenvalue weighted by Crippen LogP contribution is 2.41. The normalized spacial score (nSPS) is 11.1. The van der Waals surface area contributed by atoms with Crippen LogP contribution in [0.4, 0.5) is 0 Å².